The molecule has 0 N–H and O–H groups in total. The minimum Gasteiger partial charge on any atom is -0.452 e. The van der Waals surface area contributed by atoms with Crippen molar-refractivity contribution in [3.8, 4) is 5.75 Å². The number of hydrogen-bond acceptors (Lipinski definition) is 2. The molecule has 1 heterocycles. The summed E-state index contributed by atoms with van der Waals surface area (Å²) in [7, 11) is 0. The van der Waals surface area contributed by atoms with Crippen molar-refractivity contribution in [3.05, 3.63) is 41.0 Å². The number of hydrogen-bond donors (Lipinski definition) is 0. The predicted octanol–water partition coefficient (Wildman–Crippen LogP) is 5.41. The molecule has 0 fully saturated rings. The second kappa shape index (κ2) is 4.41. The van der Waals surface area contributed by atoms with Crippen LogP contribution in [0.25, 0.3) is 21.9 Å². The van der Waals surface area contributed by atoms with E-state index in [1.165, 1.54) is 0 Å². The fourth-order valence-corrected chi connectivity index (χ4v) is 2.45. The zero-order chi connectivity index (χ0) is 15.4. The molecule has 3 rings (SSSR count). The smallest absolute Gasteiger partial charge is 0.452 e. The quantitative estimate of drug-likeness (QED) is 0.598. The van der Waals surface area contributed by atoms with Gasteiger partial charge in [-0.25, -0.2) is 0 Å². The van der Waals surface area contributed by atoms with Crippen molar-refractivity contribution in [1.29, 1.82) is 0 Å². The number of furan rings is 1. The molecule has 0 saturated heterocycles. The highest BCUT2D eigenvalue weighted by atomic mass is 19.4. The molecule has 0 aliphatic rings. The second-order valence-electron chi connectivity index (χ2n) is 5.12. The van der Waals surface area contributed by atoms with Crippen LogP contribution in [0.4, 0.5) is 13.2 Å². The number of aryl methyl sites for hydroxylation is 3. The molecule has 110 valence electrons. The molecule has 0 bridgehead atoms. The molecule has 0 unspecified atom stereocenters. The van der Waals surface area contributed by atoms with E-state index in [1.807, 2.05) is 26.0 Å². The van der Waals surface area contributed by atoms with Crippen LogP contribution in [0.3, 0.4) is 0 Å². The van der Waals surface area contributed by atoms with Crippen molar-refractivity contribution >= 4 is 21.9 Å². The summed E-state index contributed by atoms with van der Waals surface area (Å²) in [4.78, 5) is 0. The SMILES string of the molecule is Cc1ccc2c(oc3c(OC(F)(F)F)c(C)ccc32)c1C. The molecule has 2 aromatic carbocycles. The monoisotopic (exact) mass is 294 g/mol. The Morgan fingerprint density at radius 3 is 2.05 bits per heavy atom. The third-order valence-electron chi connectivity index (χ3n) is 3.70. The van der Waals surface area contributed by atoms with Crippen LogP contribution in [0.2, 0.25) is 0 Å². The number of fused-ring (bicyclic) bond motifs is 3. The van der Waals surface area contributed by atoms with Crippen LogP contribution < -0.4 is 4.74 Å². The Bertz CT molecular complexity index is 844. The van der Waals surface area contributed by atoms with E-state index in [-0.39, 0.29) is 11.3 Å². The van der Waals surface area contributed by atoms with Gasteiger partial charge in [-0.3, -0.25) is 0 Å². The first kappa shape index (κ1) is 13.8. The lowest BCUT2D eigenvalue weighted by molar-refractivity contribution is -0.274. The third-order valence-corrected chi connectivity index (χ3v) is 3.70. The number of benzene rings is 2. The Morgan fingerprint density at radius 1 is 0.857 bits per heavy atom. The number of rotatable bonds is 1. The average Bonchev–Trinajstić information content (AvgIpc) is 2.76. The summed E-state index contributed by atoms with van der Waals surface area (Å²) in [6.45, 7) is 5.38. The van der Waals surface area contributed by atoms with Crippen molar-refractivity contribution in [1.82, 2.24) is 0 Å². The zero-order valence-corrected chi connectivity index (χ0v) is 11.8. The maximum absolute atomic E-state index is 12.6. The summed E-state index contributed by atoms with van der Waals surface area (Å²) >= 11 is 0. The van der Waals surface area contributed by atoms with Gasteiger partial charge in [0.1, 0.15) is 5.58 Å². The summed E-state index contributed by atoms with van der Waals surface area (Å²) in [6.07, 6.45) is -4.75. The molecule has 0 aliphatic heterocycles. The molecule has 0 aliphatic carbocycles. The lowest BCUT2D eigenvalue weighted by Crippen LogP contribution is -2.17. The summed E-state index contributed by atoms with van der Waals surface area (Å²) in [5, 5.41) is 1.41. The van der Waals surface area contributed by atoms with Crippen molar-refractivity contribution < 1.29 is 22.3 Å². The second-order valence-corrected chi connectivity index (χ2v) is 5.12. The maximum Gasteiger partial charge on any atom is 0.573 e. The number of alkyl halides is 3. The van der Waals surface area contributed by atoms with Crippen LogP contribution in [0.1, 0.15) is 16.7 Å². The molecule has 0 spiro atoms. The van der Waals surface area contributed by atoms with Gasteiger partial charge in [0.25, 0.3) is 0 Å². The Hall–Kier alpha value is -2.17. The van der Waals surface area contributed by atoms with Gasteiger partial charge in [-0.05, 0) is 43.5 Å². The fourth-order valence-electron chi connectivity index (χ4n) is 2.45. The van der Waals surface area contributed by atoms with Crippen LogP contribution in [0.5, 0.6) is 5.75 Å². The Morgan fingerprint density at radius 2 is 1.43 bits per heavy atom. The predicted molar refractivity (Wildman–Crippen MR) is 74.6 cm³/mol. The van der Waals surface area contributed by atoms with Gasteiger partial charge in [-0.15, -0.1) is 13.2 Å². The van der Waals surface area contributed by atoms with Crippen LogP contribution >= 0.6 is 0 Å². The van der Waals surface area contributed by atoms with Crippen LogP contribution in [-0.4, -0.2) is 6.36 Å². The summed E-state index contributed by atoms with van der Waals surface area (Å²) in [6, 6.07) is 7.15. The number of ether oxygens (including phenoxy) is 1. The van der Waals surface area contributed by atoms with E-state index in [2.05, 4.69) is 4.74 Å². The minimum absolute atomic E-state index is 0.135. The first-order valence-electron chi connectivity index (χ1n) is 6.45. The molecule has 3 aromatic rings. The van der Waals surface area contributed by atoms with Crippen molar-refractivity contribution in [2.24, 2.45) is 0 Å². The van der Waals surface area contributed by atoms with Gasteiger partial charge >= 0.3 is 6.36 Å². The standard InChI is InChI=1S/C16H13F3O2/c1-8-4-6-11-12-7-5-9(2)13(21-16(17,18)19)15(12)20-14(11)10(8)3/h4-7H,1-3H3. The molecule has 0 amide bonds. The Labute approximate surface area is 119 Å². The molecule has 0 radical (unpaired) electrons. The molecule has 0 atom stereocenters. The average molecular weight is 294 g/mol. The van der Waals surface area contributed by atoms with E-state index >= 15 is 0 Å². The number of halogens is 3. The first-order chi connectivity index (χ1) is 9.78. The molecular formula is C16H13F3O2. The largest absolute Gasteiger partial charge is 0.573 e. The normalized spacial score (nSPS) is 12.3. The van der Waals surface area contributed by atoms with Gasteiger partial charge in [-0.2, -0.15) is 0 Å². The molecule has 21 heavy (non-hydrogen) atoms. The lowest BCUT2D eigenvalue weighted by atomic mass is 10.0. The molecule has 1 aromatic heterocycles. The fraction of sp³-hybridized carbons (Fsp3) is 0.250. The van der Waals surface area contributed by atoms with Crippen molar-refractivity contribution in [3.63, 3.8) is 0 Å². The van der Waals surface area contributed by atoms with Crippen molar-refractivity contribution in [2.45, 2.75) is 27.1 Å². The van der Waals surface area contributed by atoms with E-state index in [1.54, 1.807) is 19.1 Å². The van der Waals surface area contributed by atoms with Gasteiger partial charge in [0.2, 0.25) is 0 Å². The Kier molecular flexibility index (Phi) is 2.90. The van der Waals surface area contributed by atoms with E-state index in [0.717, 1.165) is 16.5 Å². The van der Waals surface area contributed by atoms with E-state index in [0.29, 0.717) is 16.5 Å². The first-order valence-corrected chi connectivity index (χ1v) is 6.45. The summed E-state index contributed by atoms with van der Waals surface area (Å²) in [5.74, 6) is -0.270. The zero-order valence-electron chi connectivity index (χ0n) is 11.8. The van der Waals surface area contributed by atoms with Crippen LogP contribution in [0.15, 0.2) is 28.7 Å². The molecule has 0 saturated carbocycles. The van der Waals surface area contributed by atoms with E-state index in [4.69, 9.17) is 4.42 Å². The van der Waals surface area contributed by atoms with Gasteiger partial charge in [0, 0.05) is 10.8 Å². The van der Waals surface area contributed by atoms with E-state index < -0.39 is 6.36 Å². The topological polar surface area (TPSA) is 22.4 Å². The van der Waals surface area contributed by atoms with E-state index in [9.17, 15) is 13.2 Å². The highest BCUT2D eigenvalue weighted by Gasteiger charge is 2.33. The maximum atomic E-state index is 12.6. The highest BCUT2D eigenvalue weighted by Crippen LogP contribution is 2.40. The highest BCUT2D eigenvalue weighted by molar-refractivity contribution is 6.08. The molecule has 5 heteroatoms. The third kappa shape index (κ3) is 2.22. The minimum atomic E-state index is -4.75. The van der Waals surface area contributed by atoms with Crippen molar-refractivity contribution in [2.75, 3.05) is 0 Å². The van der Waals surface area contributed by atoms with Gasteiger partial charge in [0.15, 0.2) is 11.3 Å². The van der Waals surface area contributed by atoms with Gasteiger partial charge < -0.3 is 9.15 Å². The molecule has 2 nitrogen and oxygen atoms in total. The summed E-state index contributed by atoms with van der Waals surface area (Å²) in [5.41, 5.74) is 3.06. The van der Waals surface area contributed by atoms with Crippen LogP contribution in [0, 0.1) is 20.8 Å². The Balaban J connectivity index is 2.38. The molecular weight excluding hydrogens is 281 g/mol. The van der Waals surface area contributed by atoms with Gasteiger partial charge in [0.05, 0.1) is 0 Å². The van der Waals surface area contributed by atoms with Crippen LogP contribution in [-0.2, 0) is 0 Å². The summed E-state index contributed by atoms with van der Waals surface area (Å²) < 4.78 is 47.6. The van der Waals surface area contributed by atoms with Gasteiger partial charge in [-0.1, -0.05) is 18.2 Å². The lowest BCUT2D eigenvalue weighted by Gasteiger charge is -2.11.